The molecule has 0 aliphatic carbocycles. The Kier molecular flexibility index (Phi) is 17.8. The number of carbonyl (C=O) groups is 5. The Morgan fingerprint density at radius 3 is 1.98 bits per heavy atom. The lowest BCUT2D eigenvalue weighted by Crippen LogP contribution is -2.57. The summed E-state index contributed by atoms with van der Waals surface area (Å²) in [5.74, 6) is -2.77. The van der Waals surface area contributed by atoms with Crippen LogP contribution in [-0.4, -0.2) is 82.2 Å². The van der Waals surface area contributed by atoms with Crippen LogP contribution in [0, 0.1) is 36.5 Å². The van der Waals surface area contributed by atoms with Crippen molar-refractivity contribution in [1.82, 2.24) is 31.6 Å². The van der Waals surface area contributed by atoms with Gasteiger partial charge in [0.05, 0.1) is 23.7 Å². The van der Waals surface area contributed by atoms with Crippen molar-refractivity contribution >= 4 is 41.1 Å². The van der Waals surface area contributed by atoms with Gasteiger partial charge in [0.15, 0.2) is 0 Å². The topological polar surface area (TPSA) is 199 Å². The smallest absolute Gasteiger partial charge is 0.404 e. The number of aryl methyl sites for hydroxylation is 1. The minimum absolute atomic E-state index is 0.00251. The van der Waals surface area contributed by atoms with E-state index < -0.39 is 59.9 Å². The third-order valence-electron chi connectivity index (χ3n) is 7.53. The number of aliphatic hydroxyl groups excluding tert-OH is 1. The van der Waals surface area contributed by atoms with E-state index in [9.17, 15) is 34.2 Å². The molecule has 5 amide bonds. The van der Waals surface area contributed by atoms with Gasteiger partial charge >= 0.3 is 6.09 Å². The molecule has 0 aliphatic rings. The first-order chi connectivity index (χ1) is 21.4. The van der Waals surface area contributed by atoms with Gasteiger partial charge in [-0.2, -0.15) is 0 Å². The number of carbonyl (C=O) groups excluding carboxylic acids is 4. The van der Waals surface area contributed by atoms with Crippen molar-refractivity contribution in [2.24, 2.45) is 29.6 Å². The van der Waals surface area contributed by atoms with Crippen molar-refractivity contribution in [3.05, 3.63) is 16.1 Å². The average Bonchev–Trinajstić information content (AvgIpc) is 3.38. The normalized spacial score (nSPS) is 15.4. The second-order valence-corrected chi connectivity index (χ2v) is 14.2. The van der Waals surface area contributed by atoms with Crippen LogP contribution in [0.1, 0.15) is 85.4 Å². The van der Waals surface area contributed by atoms with Crippen molar-refractivity contribution in [2.45, 2.75) is 112 Å². The lowest BCUT2D eigenvalue weighted by Gasteiger charge is -2.30. The summed E-state index contributed by atoms with van der Waals surface area (Å²) in [4.78, 5) is 68.2. The molecule has 6 atom stereocenters. The number of aromatic nitrogens is 1. The molecule has 14 heteroatoms. The highest BCUT2D eigenvalue weighted by Crippen LogP contribution is 2.18. The molecule has 0 bridgehead atoms. The number of thiazole rings is 1. The standard InChI is InChI=1S/C32H56N6O7S/c1-10-22(13-26-35-21(9)16-46-26)29(41)37-24(15-34-32(44)45)30(42)36-23(11-17(2)3)25(39)12-20(8)28(40)38-27(19(6)7)31(43)33-14-18(4)5/h16-20,22-25,27,34,39H,10-15H2,1-9H3,(H,33,43)(H,36,42)(H,37,41)(H,38,40)(H,44,45). The number of hydrogen-bond donors (Lipinski definition) is 7. The van der Waals surface area contributed by atoms with E-state index >= 15 is 0 Å². The van der Waals surface area contributed by atoms with E-state index in [1.807, 2.05) is 60.8 Å². The fourth-order valence-electron chi connectivity index (χ4n) is 4.80. The Balaban J connectivity index is 3.02. The molecule has 0 saturated heterocycles. The second-order valence-electron chi connectivity index (χ2n) is 13.3. The summed E-state index contributed by atoms with van der Waals surface area (Å²) in [6.45, 7) is 16.9. The first-order valence-electron chi connectivity index (χ1n) is 16.2. The third kappa shape index (κ3) is 14.9. The first-order valence-corrected chi connectivity index (χ1v) is 17.1. The molecule has 262 valence electrons. The third-order valence-corrected chi connectivity index (χ3v) is 8.52. The highest BCUT2D eigenvalue weighted by atomic mass is 32.1. The minimum Gasteiger partial charge on any atom is -0.465 e. The van der Waals surface area contributed by atoms with Crippen LogP contribution in [0.2, 0.25) is 0 Å². The molecule has 13 nitrogen and oxygen atoms in total. The van der Waals surface area contributed by atoms with Crippen molar-refractivity contribution < 1.29 is 34.2 Å². The summed E-state index contributed by atoms with van der Waals surface area (Å²) in [5.41, 5.74) is 0.853. The highest BCUT2D eigenvalue weighted by molar-refractivity contribution is 7.09. The molecule has 0 spiro atoms. The van der Waals surface area contributed by atoms with E-state index in [0.717, 1.165) is 10.7 Å². The maximum atomic E-state index is 13.5. The molecule has 1 rings (SSSR count). The summed E-state index contributed by atoms with van der Waals surface area (Å²) < 4.78 is 0. The number of amides is 5. The molecule has 46 heavy (non-hydrogen) atoms. The van der Waals surface area contributed by atoms with E-state index in [1.54, 1.807) is 6.92 Å². The SMILES string of the molecule is CCC(Cc1nc(C)cs1)C(=O)NC(CNC(=O)O)C(=O)NC(CC(C)C)C(O)CC(C)C(=O)NC(C(=O)NCC(C)C)C(C)C. The predicted octanol–water partition coefficient (Wildman–Crippen LogP) is 2.60. The molecule has 1 aromatic heterocycles. The zero-order valence-corrected chi connectivity index (χ0v) is 29.6. The van der Waals surface area contributed by atoms with Gasteiger partial charge in [-0.3, -0.25) is 19.2 Å². The Hall–Kier alpha value is -3.26. The zero-order chi connectivity index (χ0) is 35.1. The molecule has 7 N–H and O–H groups in total. The number of carboxylic acid groups (broad SMARTS) is 1. The number of nitrogens with zero attached hydrogens (tertiary/aromatic N) is 1. The number of hydrogen-bond acceptors (Lipinski definition) is 8. The maximum Gasteiger partial charge on any atom is 0.404 e. The number of aliphatic hydroxyl groups is 1. The van der Waals surface area contributed by atoms with Gasteiger partial charge in [-0.15, -0.1) is 11.3 Å². The van der Waals surface area contributed by atoms with Crippen molar-refractivity contribution in [3.8, 4) is 0 Å². The average molecular weight is 669 g/mol. The van der Waals surface area contributed by atoms with Crippen molar-refractivity contribution in [2.75, 3.05) is 13.1 Å². The van der Waals surface area contributed by atoms with Gasteiger partial charge in [0.1, 0.15) is 12.1 Å². The van der Waals surface area contributed by atoms with E-state index in [4.69, 9.17) is 0 Å². The maximum absolute atomic E-state index is 13.5. The summed E-state index contributed by atoms with van der Waals surface area (Å²) >= 11 is 1.45. The minimum atomic E-state index is -1.35. The molecule has 6 unspecified atom stereocenters. The predicted molar refractivity (Wildman–Crippen MR) is 178 cm³/mol. The monoisotopic (exact) mass is 668 g/mol. The van der Waals surface area contributed by atoms with Crippen LogP contribution in [0.4, 0.5) is 4.79 Å². The summed E-state index contributed by atoms with van der Waals surface area (Å²) in [7, 11) is 0. The van der Waals surface area contributed by atoms with Crippen LogP contribution >= 0.6 is 11.3 Å². The fourth-order valence-corrected chi connectivity index (χ4v) is 5.65. The quantitative estimate of drug-likeness (QED) is 0.110. The largest absolute Gasteiger partial charge is 0.465 e. The molecular weight excluding hydrogens is 612 g/mol. The lowest BCUT2D eigenvalue weighted by atomic mass is 9.91. The van der Waals surface area contributed by atoms with E-state index in [-0.39, 0.29) is 36.6 Å². The second kappa shape index (κ2) is 20.1. The van der Waals surface area contributed by atoms with Crippen LogP contribution in [-0.2, 0) is 25.6 Å². The molecular formula is C32H56N6O7S. The lowest BCUT2D eigenvalue weighted by molar-refractivity contribution is -0.133. The van der Waals surface area contributed by atoms with E-state index in [1.165, 1.54) is 11.3 Å². The van der Waals surface area contributed by atoms with Crippen LogP contribution in [0.25, 0.3) is 0 Å². The fraction of sp³-hybridized carbons (Fsp3) is 0.750. The van der Waals surface area contributed by atoms with Gasteiger partial charge in [-0.25, -0.2) is 9.78 Å². The molecule has 0 radical (unpaired) electrons. The Morgan fingerprint density at radius 1 is 0.826 bits per heavy atom. The van der Waals surface area contributed by atoms with Crippen LogP contribution < -0.4 is 26.6 Å². The van der Waals surface area contributed by atoms with Crippen LogP contribution in [0.5, 0.6) is 0 Å². The first kappa shape index (κ1) is 40.8. The summed E-state index contributed by atoms with van der Waals surface area (Å²) in [6.07, 6.45) is -1.27. The van der Waals surface area contributed by atoms with Gasteiger partial charge in [-0.05, 0) is 43.9 Å². The van der Waals surface area contributed by atoms with Crippen LogP contribution in [0.15, 0.2) is 5.38 Å². The Bertz CT molecular complexity index is 1140. The highest BCUT2D eigenvalue weighted by Gasteiger charge is 2.32. The molecule has 1 aromatic rings. The van der Waals surface area contributed by atoms with Crippen molar-refractivity contribution in [1.29, 1.82) is 0 Å². The van der Waals surface area contributed by atoms with Gasteiger partial charge in [-0.1, -0.05) is 55.4 Å². The molecule has 1 heterocycles. The van der Waals surface area contributed by atoms with E-state index in [0.29, 0.717) is 25.8 Å². The summed E-state index contributed by atoms with van der Waals surface area (Å²) in [5, 5.41) is 36.4. The molecule has 0 aromatic carbocycles. The molecule has 0 fully saturated rings. The number of nitrogens with one attached hydrogen (secondary N) is 5. The van der Waals surface area contributed by atoms with Crippen LogP contribution in [0.3, 0.4) is 0 Å². The van der Waals surface area contributed by atoms with Gasteiger partial charge < -0.3 is 36.8 Å². The van der Waals surface area contributed by atoms with Gasteiger partial charge in [0, 0.05) is 35.9 Å². The Morgan fingerprint density at radius 2 is 1.48 bits per heavy atom. The molecule has 0 saturated carbocycles. The Labute approximate surface area is 277 Å². The number of rotatable bonds is 20. The molecule has 0 aliphatic heterocycles. The van der Waals surface area contributed by atoms with Crippen molar-refractivity contribution in [3.63, 3.8) is 0 Å². The van der Waals surface area contributed by atoms with E-state index in [2.05, 4.69) is 31.6 Å². The van der Waals surface area contributed by atoms with Gasteiger partial charge in [0.2, 0.25) is 23.6 Å². The van der Waals surface area contributed by atoms with Gasteiger partial charge in [0.25, 0.3) is 0 Å². The summed E-state index contributed by atoms with van der Waals surface area (Å²) in [6, 6.07) is -2.77. The zero-order valence-electron chi connectivity index (χ0n) is 28.8.